The van der Waals surface area contributed by atoms with E-state index in [1.807, 2.05) is 58.3 Å². The maximum Gasteiger partial charge on any atom is 0.322 e. The molecule has 4 amide bonds. The van der Waals surface area contributed by atoms with Crippen molar-refractivity contribution >= 4 is 23.4 Å². The fourth-order valence-corrected chi connectivity index (χ4v) is 6.88. The number of amides is 4. The number of hydrogen-bond donors (Lipinski definition) is 2. The number of nitrogens with one attached hydrogen (secondary N) is 2. The highest BCUT2D eigenvalue weighted by molar-refractivity contribution is 5.90. The average molecular weight is 627 g/mol. The lowest BCUT2D eigenvalue weighted by atomic mass is 10.0. The maximum absolute atomic E-state index is 13.8. The molecule has 2 aliphatic carbocycles. The summed E-state index contributed by atoms with van der Waals surface area (Å²) in [5, 5.41) is 6.27. The third kappa shape index (κ3) is 9.41. The van der Waals surface area contributed by atoms with Crippen molar-refractivity contribution in [3.63, 3.8) is 0 Å². The Kier molecular flexibility index (Phi) is 12.2. The number of methoxy groups -OCH3 is 2. The second-order valence-corrected chi connectivity index (χ2v) is 12.7. The molecule has 3 aromatic carbocycles. The van der Waals surface area contributed by atoms with Crippen LogP contribution in [0.15, 0.2) is 72.8 Å². The Morgan fingerprint density at radius 2 is 0.978 bits per heavy atom. The summed E-state index contributed by atoms with van der Waals surface area (Å²) >= 11 is 0. The fourth-order valence-electron chi connectivity index (χ4n) is 6.88. The topological polar surface area (TPSA) is 83.1 Å². The molecule has 0 unspecified atom stereocenters. The standard InChI is InChI=1S/C38H50N4O4/c1-45-35-22-12-16-31(25-35)39-37(43)41(33-18-7-3-4-8-19-33)27-29-14-11-15-30(24-29)28-42(34-20-9-5-6-10-21-34)38(44)40-32-17-13-23-36(26-32)46-2/h11-17,22-26,33-34H,3-10,18-21,27-28H2,1-2H3,(H,39,43)(H,40,44). The van der Waals surface area contributed by atoms with Gasteiger partial charge in [0.2, 0.25) is 0 Å². The van der Waals surface area contributed by atoms with Crippen LogP contribution in [0.1, 0.15) is 88.2 Å². The number of urea groups is 2. The summed E-state index contributed by atoms with van der Waals surface area (Å²) in [6.45, 7) is 1.02. The van der Waals surface area contributed by atoms with E-state index in [-0.39, 0.29) is 24.1 Å². The van der Waals surface area contributed by atoms with Crippen LogP contribution in [-0.2, 0) is 13.1 Å². The third-order valence-electron chi connectivity index (χ3n) is 9.39. The molecule has 8 nitrogen and oxygen atoms in total. The lowest BCUT2D eigenvalue weighted by Crippen LogP contribution is -2.42. The SMILES string of the molecule is COc1cccc(NC(=O)N(Cc2cccc(CN(C(=O)Nc3cccc(OC)c3)C3CCCCCC3)c2)C2CCCCCC2)c1. The summed E-state index contributed by atoms with van der Waals surface area (Å²) in [5.41, 5.74) is 3.57. The molecule has 8 heteroatoms. The number of hydrogen-bond acceptors (Lipinski definition) is 4. The van der Waals surface area contributed by atoms with Crippen molar-refractivity contribution in [3.05, 3.63) is 83.9 Å². The number of ether oxygens (including phenoxy) is 2. The predicted molar refractivity (Wildman–Crippen MR) is 185 cm³/mol. The molecule has 0 atom stereocenters. The van der Waals surface area contributed by atoms with Gasteiger partial charge in [0.1, 0.15) is 11.5 Å². The first-order valence-electron chi connectivity index (χ1n) is 17.0. The number of rotatable bonds is 10. The van der Waals surface area contributed by atoms with E-state index in [0.29, 0.717) is 24.6 Å². The molecule has 3 aromatic rings. The van der Waals surface area contributed by atoms with Crippen molar-refractivity contribution < 1.29 is 19.1 Å². The first kappa shape index (κ1) is 33.2. The van der Waals surface area contributed by atoms with E-state index in [4.69, 9.17) is 9.47 Å². The highest BCUT2D eigenvalue weighted by Gasteiger charge is 2.27. The molecular formula is C38H50N4O4. The fraction of sp³-hybridized carbons (Fsp3) is 0.474. The zero-order chi connectivity index (χ0) is 32.1. The minimum atomic E-state index is -0.0942. The van der Waals surface area contributed by atoms with Crippen molar-refractivity contribution in [1.82, 2.24) is 9.80 Å². The molecule has 0 bridgehead atoms. The summed E-state index contributed by atoms with van der Waals surface area (Å²) in [4.78, 5) is 31.7. The molecule has 0 spiro atoms. The average Bonchev–Trinajstić information content (AvgIpc) is 3.52. The molecule has 0 aliphatic heterocycles. The Labute approximate surface area is 274 Å². The Morgan fingerprint density at radius 3 is 1.37 bits per heavy atom. The van der Waals surface area contributed by atoms with E-state index in [1.54, 1.807) is 14.2 Å². The van der Waals surface area contributed by atoms with Gasteiger partial charge in [0.15, 0.2) is 0 Å². The first-order valence-corrected chi connectivity index (χ1v) is 17.0. The monoisotopic (exact) mass is 626 g/mol. The van der Waals surface area contributed by atoms with E-state index < -0.39 is 0 Å². The van der Waals surface area contributed by atoms with Crippen LogP contribution in [0, 0.1) is 0 Å². The van der Waals surface area contributed by atoms with E-state index in [2.05, 4.69) is 34.9 Å². The quantitative estimate of drug-likeness (QED) is 0.220. The van der Waals surface area contributed by atoms with Crippen LogP contribution in [0.25, 0.3) is 0 Å². The van der Waals surface area contributed by atoms with Gasteiger partial charge in [-0.15, -0.1) is 0 Å². The zero-order valence-electron chi connectivity index (χ0n) is 27.5. The Morgan fingerprint density at radius 1 is 0.587 bits per heavy atom. The van der Waals surface area contributed by atoms with Gasteiger partial charge in [-0.25, -0.2) is 9.59 Å². The van der Waals surface area contributed by atoms with Crippen LogP contribution in [0.2, 0.25) is 0 Å². The van der Waals surface area contributed by atoms with E-state index in [0.717, 1.165) is 73.9 Å². The smallest absolute Gasteiger partial charge is 0.322 e. The highest BCUT2D eigenvalue weighted by atomic mass is 16.5. The summed E-state index contributed by atoms with van der Waals surface area (Å²) in [6, 6.07) is 23.6. The molecule has 5 rings (SSSR count). The number of anilines is 2. The van der Waals surface area contributed by atoms with Crippen molar-refractivity contribution in [2.75, 3.05) is 24.9 Å². The molecule has 0 radical (unpaired) electrons. The van der Waals surface area contributed by atoms with Crippen molar-refractivity contribution in [3.8, 4) is 11.5 Å². The molecule has 0 heterocycles. The lowest BCUT2D eigenvalue weighted by molar-refractivity contribution is 0.174. The number of carbonyl (C=O) groups excluding carboxylic acids is 2. The summed E-state index contributed by atoms with van der Waals surface area (Å²) in [6.07, 6.45) is 13.4. The van der Waals surface area contributed by atoms with Crippen LogP contribution >= 0.6 is 0 Å². The normalized spacial score (nSPS) is 16.0. The van der Waals surface area contributed by atoms with Gasteiger partial charge in [0, 0.05) is 48.7 Å². The first-order chi connectivity index (χ1) is 22.5. The number of nitrogens with zero attached hydrogens (tertiary/aromatic N) is 2. The molecule has 246 valence electrons. The summed E-state index contributed by atoms with van der Waals surface area (Å²) in [7, 11) is 3.26. The van der Waals surface area contributed by atoms with Crippen molar-refractivity contribution in [2.24, 2.45) is 0 Å². The van der Waals surface area contributed by atoms with Crippen LogP contribution in [0.3, 0.4) is 0 Å². The van der Waals surface area contributed by atoms with Gasteiger partial charge in [-0.2, -0.15) is 0 Å². The number of benzene rings is 3. The molecule has 2 N–H and O–H groups in total. The minimum Gasteiger partial charge on any atom is -0.497 e. The molecular weight excluding hydrogens is 576 g/mol. The third-order valence-corrected chi connectivity index (χ3v) is 9.39. The Hall–Kier alpha value is -4.20. The van der Waals surface area contributed by atoms with E-state index >= 15 is 0 Å². The van der Waals surface area contributed by atoms with Gasteiger partial charge in [0.25, 0.3) is 0 Å². The molecule has 46 heavy (non-hydrogen) atoms. The Bertz CT molecular complexity index is 1310. The van der Waals surface area contributed by atoms with Crippen molar-refractivity contribution in [2.45, 2.75) is 102 Å². The minimum absolute atomic E-state index is 0.0942. The van der Waals surface area contributed by atoms with Gasteiger partial charge >= 0.3 is 12.1 Å². The van der Waals surface area contributed by atoms with Crippen molar-refractivity contribution in [1.29, 1.82) is 0 Å². The highest BCUT2D eigenvalue weighted by Crippen LogP contribution is 2.28. The largest absolute Gasteiger partial charge is 0.497 e. The summed E-state index contributed by atoms with van der Waals surface area (Å²) in [5.74, 6) is 1.42. The molecule has 0 aromatic heterocycles. The molecule has 2 fully saturated rings. The molecule has 0 saturated heterocycles. The zero-order valence-corrected chi connectivity index (χ0v) is 27.5. The Balaban J connectivity index is 1.35. The molecule has 2 aliphatic rings. The van der Waals surface area contributed by atoms with Gasteiger partial charge in [-0.1, -0.05) is 87.8 Å². The van der Waals surface area contributed by atoms with Gasteiger partial charge in [-0.05, 0) is 61.1 Å². The van der Waals surface area contributed by atoms with E-state index in [1.165, 1.54) is 25.7 Å². The summed E-state index contributed by atoms with van der Waals surface area (Å²) < 4.78 is 10.8. The number of carbonyl (C=O) groups is 2. The second-order valence-electron chi connectivity index (χ2n) is 12.7. The van der Waals surface area contributed by atoms with Crippen LogP contribution in [0.5, 0.6) is 11.5 Å². The maximum atomic E-state index is 13.8. The molecule has 2 saturated carbocycles. The van der Waals surface area contributed by atoms with Crippen LogP contribution < -0.4 is 20.1 Å². The second kappa shape index (κ2) is 16.9. The van der Waals surface area contributed by atoms with Gasteiger partial charge in [0.05, 0.1) is 14.2 Å². The van der Waals surface area contributed by atoms with Crippen LogP contribution in [0.4, 0.5) is 21.0 Å². The van der Waals surface area contributed by atoms with Crippen LogP contribution in [-0.4, -0.2) is 48.2 Å². The van der Waals surface area contributed by atoms with Gasteiger partial charge < -0.3 is 29.9 Å². The van der Waals surface area contributed by atoms with E-state index in [9.17, 15) is 9.59 Å². The lowest BCUT2D eigenvalue weighted by Gasteiger charge is -2.33. The van der Waals surface area contributed by atoms with Gasteiger partial charge in [-0.3, -0.25) is 0 Å². The predicted octanol–water partition coefficient (Wildman–Crippen LogP) is 9.22.